The van der Waals surface area contributed by atoms with E-state index in [1.54, 1.807) is 12.1 Å². The average Bonchev–Trinajstić information content (AvgIpc) is 2.36. The van der Waals surface area contributed by atoms with Gasteiger partial charge in [-0.25, -0.2) is 4.98 Å². The van der Waals surface area contributed by atoms with Crippen molar-refractivity contribution in [1.82, 2.24) is 9.97 Å². The molecule has 0 aliphatic heterocycles. The zero-order valence-corrected chi connectivity index (χ0v) is 11.9. The van der Waals surface area contributed by atoms with E-state index in [0.29, 0.717) is 10.0 Å². The van der Waals surface area contributed by atoms with Crippen molar-refractivity contribution in [3.05, 3.63) is 34.1 Å². The molecule has 0 fully saturated rings. The number of benzene rings is 1. The van der Waals surface area contributed by atoms with Crippen LogP contribution in [0.25, 0.3) is 11.0 Å². The molecule has 0 saturated carbocycles. The Morgan fingerprint density at radius 2 is 1.72 bits per heavy atom. The molecule has 0 bridgehead atoms. The number of unbranched alkanes of at least 4 members (excludes halogenated alkanes) is 3. The maximum atomic E-state index is 5.99. The van der Waals surface area contributed by atoms with E-state index in [2.05, 4.69) is 16.9 Å². The number of halogens is 2. The minimum Gasteiger partial charge on any atom is -0.253 e. The molecule has 0 aliphatic carbocycles. The van der Waals surface area contributed by atoms with Gasteiger partial charge in [-0.15, -0.1) is 0 Å². The van der Waals surface area contributed by atoms with E-state index < -0.39 is 0 Å². The molecule has 0 amide bonds. The first kappa shape index (κ1) is 13.6. The molecule has 96 valence electrons. The molecule has 1 heterocycles. The second-order valence-corrected chi connectivity index (χ2v) is 5.24. The molecule has 0 N–H and O–H groups in total. The van der Waals surface area contributed by atoms with Gasteiger partial charge in [0, 0.05) is 6.20 Å². The number of aromatic nitrogens is 2. The Morgan fingerprint density at radius 3 is 2.44 bits per heavy atom. The van der Waals surface area contributed by atoms with Gasteiger partial charge in [0.2, 0.25) is 0 Å². The fraction of sp³-hybridized carbons (Fsp3) is 0.429. The van der Waals surface area contributed by atoms with Crippen molar-refractivity contribution in [2.24, 2.45) is 0 Å². The van der Waals surface area contributed by atoms with Crippen molar-refractivity contribution in [3.8, 4) is 0 Å². The Hall–Kier alpha value is -0.860. The predicted molar refractivity (Wildman–Crippen MR) is 77.4 cm³/mol. The zero-order valence-electron chi connectivity index (χ0n) is 10.4. The molecular formula is C14H16Cl2N2. The lowest BCUT2D eigenvalue weighted by Gasteiger charge is -2.04. The van der Waals surface area contributed by atoms with Crippen molar-refractivity contribution in [2.45, 2.75) is 39.0 Å². The number of rotatable bonds is 5. The number of hydrogen-bond donors (Lipinski definition) is 0. The van der Waals surface area contributed by atoms with E-state index in [-0.39, 0.29) is 0 Å². The van der Waals surface area contributed by atoms with E-state index in [0.717, 1.165) is 29.6 Å². The van der Waals surface area contributed by atoms with Crippen LogP contribution in [0.1, 0.15) is 38.3 Å². The van der Waals surface area contributed by atoms with Gasteiger partial charge in [-0.1, -0.05) is 49.4 Å². The molecule has 1 aromatic carbocycles. The van der Waals surface area contributed by atoms with Crippen LogP contribution in [0, 0.1) is 0 Å². The van der Waals surface area contributed by atoms with Gasteiger partial charge in [0.15, 0.2) is 0 Å². The topological polar surface area (TPSA) is 25.8 Å². The molecule has 18 heavy (non-hydrogen) atoms. The van der Waals surface area contributed by atoms with Gasteiger partial charge in [0.05, 0.1) is 26.8 Å². The molecule has 2 nitrogen and oxygen atoms in total. The lowest BCUT2D eigenvalue weighted by atomic mass is 10.1. The van der Waals surface area contributed by atoms with Gasteiger partial charge >= 0.3 is 0 Å². The second-order valence-electron chi connectivity index (χ2n) is 4.43. The minimum atomic E-state index is 0.522. The van der Waals surface area contributed by atoms with Crippen LogP contribution in [-0.4, -0.2) is 9.97 Å². The van der Waals surface area contributed by atoms with Crippen molar-refractivity contribution < 1.29 is 0 Å². The molecule has 0 radical (unpaired) electrons. The Kier molecular flexibility index (Phi) is 4.79. The van der Waals surface area contributed by atoms with Gasteiger partial charge < -0.3 is 0 Å². The summed E-state index contributed by atoms with van der Waals surface area (Å²) in [7, 11) is 0. The van der Waals surface area contributed by atoms with Crippen LogP contribution in [0.3, 0.4) is 0 Å². The van der Waals surface area contributed by atoms with Crippen LogP contribution in [0.4, 0.5) is 0 Å². The van der Waals surface area contributed by atoms with Crippen molar-refractivity contribution in [1.29, 1.82) is 0 Å². The van der Waals surface area contributed by atoms with Crippen molar-refractivity contribution >= 4 is 34.2 Å². The van der Waals surface area contributed by atoms with E-state index in [1.807, 2.05) is 6.20 Å². The third kappa shape index (κ3) is 3.33. The molecule has 0 aliphatic rings. The van der Waals surface area contributed by atoms with Crippen molar-refractivity contribution in [2.75, 3.05) is 0 Å². The highest BCUT2D eigenvalue weighted by atomic mass is 35.5. The predicted octanol–water partition coefficient (Wildman–Crippen LogP) is 5.06. The summed E-state index contributed by atoms with van der Waals surface area (Å²) in [5.74, 6) is 0. The van der Waals surface area contributed by atoms with E-state index in [1.165, 1.54) is 19.3 Å². The Morgan fingerprint density at radius 1 is 1.00 bits per heavy atom. The molecule has 0 saturated heterocycles. The smallest absolute Gasteiger partial charge is 0.0906 e. The molecule has 2 aromatic rings. The second kappa shape index (κ2) is 6.35. The summed E-state index contributed by atoms with van der Waals surface area (Å²) in [6, 6.07) is 3.54. The molecule has 0 atom stereocenters. The quantitative estimate of drug-likeness (QED) is 0.717. The van der Waals surface area contributed by atoms with Gasteiger partial charge in [-0.05, 0) is 25.0 Å². The van der Waals surface area contributed by atoms with Gasteiger partial charge in [0.25, 0.3) is 0 Å². The van der Waals surface area contributed by atoms with E-state index >= 15 is 0 Å². The lowest BCUT2D eigenvalue weighted by molar-refractivity contribution is 0.660. The van der Waals surface area contributed by atoms with Gasteiger partial charge in [-0.3, -0.25) is 4.98 Å². The summed E-state index contributed by atoms with van der Waals surface area (Å²) in [6.07, 6.45) is 7.74. The first-order valence-electron chi connectivity index (χ1n) is 6.31. The summed E-state index contributed by atoms with van der Waals surface area (Å²) in [5.41, 5.74) is 2.64. The highest BCUT2D eigenvalue weighted by molar-refractivity contribution is 6.42. The third-order valence-corrected chi connectivity index (χ3v) is 3.64. The van der Waals surface area contributed by atoms with Crippen LogP contribution in [-0.2, 0) is 6.42 Å². The van der Waals surface area contributed by atoms with Crippen LogP contribution in [0.5, 0.6) is 0 Å². The average molecular weight is 283 g/mol. The fourth-order valence-corrected chi connectivity index (χ4v) is 2.22. The maximum Gasteiger partial charge on any atom is 0.0906 e. The monoisotopic (exact) mass is 282 g/mol. The first-order valence-corrected chi connectivity index (χ1v) is 7.07. The van der Waals surface area contributed by atoms with Crippen LogP contribution in [0.2, 0.25) is 10.0 Å². The molecule has 0 unspecified atom stereocenters. The van der Waals surface area contributed by atoms with Gasteiger partial charge in [0.1, 0.15) is 0 Å². The van der Waals surface area contributed by atoms with Crippen LogP contribution in [0.15, 0.2) is 18.3 Å². The number of fused-ring (bicyclic) bond motifs is 1. The lowest BCUT2D eigenvalue weighted by Crippen LogP contribution is -1.94. The minimum absolute atomic E-state index is 0.522. The summed E-state index contributed by atoms with van der Waals surface area (Å²) in [6.45, 7) is 2.21. The summed E-state index contributed by atoms with van der Waals surface area (Å²) in [5, 5.41) is 1.05. The van der Waals surface area contributed by atoms with Crippen molar-refractivity contribution in [3.63, 3.8) is 0 Å². The highest BCUT2D eigenvalue weighted by Crippen LogP contribution is 2.26. The fourth-order valence-electron chi connectivity index (χ4n) is 1.90. The first-order chi connectivity index (χ1) is 8.70. The Bertz CT molecular complexity index is 541. The molecule has 0 spiro atoms. The van der Waals surface area contributed by atoms with E-state index in [9.17, 15) is 0 Å². The highest BCUT2D eigenvalue weighted by Gasteiger charge is 2.04. The number of hydrogen-bond acceptors (Lipinski definition) is 2. The number of nitrogens with zero attached hydrogens (tertiary/aromatic N) is 2. The molecule has 2 rings (SSSR count). The van der Waals surface area contributed by atoms with Gasteiger partial charge in [-0.2, -0.15) is 0 Å². The van der Waals surface area contributed by atoms with Crippen LogP contribution < -0.4 is 0 Å². The standard InChI is InChI=1S/C14H16Cl2N2/c1-2-3-4-5-6-10-9-17-13-7-11(15)12(16)8-14(13)18-10/h7-9H,2-6H2,1H3. The largest absolute Gasteiger partial charge is 0.253 e. The molecule has 1 aromatic heterocycles. The molecule has 4 heteroatoms. The zero-order chi connectivity index (χ0) is 13.0. The normalized spacial score (nSPS) is 11.1. The summed E-state index contributed by atoms with van der Waals surface area (Å²) >= 11 is 11.9. The number of aryl methyl sites for hydroxylation is 1. The molecular weight excluding hydrogens is 267 g/mol. The van der Waals surface area contributed by atoms with E-state index in [4.69, 9.17) is 23.2 Å². The Balaban J connectivity index is 2.14. The summed E-state index contributed by atoms with van der Waals surface area (Å²) in [4.78, 5) is 8.95. The summed E-state index contributed by atoms with van der Waals surface area (Å²) < 4.78 is 0. The Labute approximate surface area is 117 Å². The van der Waals surface area contributed by atoms with Crippen LogP contribution >= 0.6 is 23.2 Å². The SMILES string of the molecule is CCCCCCc1cnc2cc(Cl)c(Cl)cc2n1. The maximum absolute atomic E-state index is 5.99. The third-order valence-electron chi connectivity index (χ3n) is 2.92.